The van der Waals surface area contributed by atoms with Crippen LogP contribution in [0.2, 0.25) is 0 Å². The molecule has 0 saturated heterocycles. The molecule has 0 fully saturated rings. The predicted molar refractivity (Wildman–Crippen MR) is 57.0 cm³/mol. The number of halogens is 1. The maximum Gasteiger partial charge on any atom is 0.338 e. The first kappa shape index (κ1) is 11.5. The van der Waals surface area contributed by atoms with Crippen molar-refractivity contribution < 1.29 is 13.9 Å². The van der Waals surface area contributed by atoms with E-state index in [0.29, 0.717) is 0 Å². The minimum Gasteiger partial charge on any atom is -0.462 e. The number of benzene rings is 1. The van der Waals surface area contributed by atoms with Crippen LogP contribution in [-0.4, -0.2) is 17.7 Å². The van der Waals surface area contributed by atoms with E-state index in [2.05, 4.69) is 22.4 Å². The Labute approximate surface area is 91.6 Å². The lowest BCUT2D eigenvalue weighted by Gasteiger charge is -2.02. The summed E-state index contributed by atoms with van der Waals surface area (Å²) in [5.74, 6) is -1.19. The van der Waals surface area contributed by atoms with E-state index in [0.717, 1.165) is 6.07 Å². The average Bonchev–Trinajstić information content (AvgIpc) is 2.21. The van der Waals surface area contributed by atoms with E-state index in [1.54, 1.807) is 6.92 Å². The summed E-state index contributed by atoms with van der Waals surface area (Å²) >= 11 is 4.34. The number of thiocarbonyl (C=S) groups is 1. The van der Waals surface area contributed by atoms with Crippen molar-refractivity contribution >= 4 is 29.0 Å². The van der Waals surface area contributed by atoms with Crippen molar-refractivity contribution in [2.24, 2.45) is 4.99 Å². The number of aliphatic imine (C=N–C) groups is 1. The molecule has 0 amide bonds. The molecule has 0 aromatic heterocycles. The molecule has 0 N–H and O–H groups in total. The van der Waals surface area contributed by atoms with Crippen molar-refractivity contribution in [2.75, 3.05) is 6.61 Å². The van der Waals surface area contributed by atoms with Gasteiger partial charge in [-0.25, -0.2) is 9.18 Å². The van der Waals surface area contributed by atoms with Crippen LogP contribution in [0.15, 0.2) is 23.2 Å². The molecule has 0 saturated carbocycles. The van der Waals surface area contributed by atoms with Crippen LogP contribution in [0.1, 0.15) is 17.3 Å². The molecule has 0 heterocycles. The van der Waals surface area contributed by atoms with Gasteiger partial charge in [0.15, 0.2) is 5.82 Å². The molecule has 1 aromatic carbocycles. The maximum absolute atomic E-state index is 13.2. The molecule has 0 radical (unpaired) electrons. The Morgan fingerprint density at radius 2 is 2.40 bits per heavy atom. The highest BCUT2D eigenvalue weighted by Gasteiger charge is 2.09. The lowest BCUT2D eigenvalue weighted by Crippen LogP contribution is -2.04. The molecule has 0 aliphatic heterocycles. The van der Waals surface area contributed by atoms with Gasteiger partial charge in [0.2, 0.25) is 0 Å². The van der Waals surface area contributed by atoms with Gasteiger partial charge in [0, 0.05) is 0 Å². The largest absolute Gasteiger partial charge is 0.462 e. The lowest BCUT2D eigenvalue weighted by molar-refractivity contribution is 0.0526. The first-order valence-electron chi connectivity index (χ1n) is 4.23. The smallest absolute Gasteiger partial charge is 0.338 e. The summed E-state index contributed by atoms with van der Waals surface area (Å²) in [6, 6.07) is 3.83. The standard InChI is InChI=1S/C10H8FNO2S/c1-2-14-10(13)7-3-4-9(12-6-15)8(11)5-7/h3-5H,2H2,1H3. The molecule has 1 rings (SSSR count). The number of isothiocyanates is 1. The number of rotatable bonds is 3. The molecule has 1 aromatic rings. The van der Waals surface area contributed by atoms with E-state index in [1.807, 2.05) is 0 Å². The number of hydrogen-bond acceptors (Lipinski definition) is 4. The van der Waals surface area contributed by atoms with Crippen LogP contribution in [-0.2, 0) is 4.74 Å². The van der Waals surface area contributed by atoms with Gasteiger partial charge in [0.1, 0.15) is 5.69 Å². The Morgan fingerprint density at radius 3 is 2.93 bits per heavy atom. The van der Waals surface area contributed by atoms with Crippen LogP contribution >= 0.6 is 12.2 Å². The van der Waals surface area contributed by atoms with E-state index in [4.69, 9.17) is 4.74 Å². The van der Waals surface area contributed by atoms with Crippen molar-refractivity contribution in [3.05, 3.63) is 29.6 Å². The topological polar surface area (TPSA) is 38.7 Å². The van der Waals surface area contributed by atoms with E-state index >= 15 is 0 Å². The molecular formula is C10H8FNO2S. The van der Waals surface area contributed by atoms with Crippen molar-refractivity contribution in [1.29, 1.82) is 0 Å². The van der Waals surface area contributed by atoms with E-state index in [9.17, 15) is 9.18 Å². The summed E-state index contributed by atoms with van der Waals surface area (Å²) in [5.41, 5.74) is 0.204. The predicted octanol–water partition coefficient (Wildman–Crippen LogP) is 2.74. The molecule has 0 aliphatic carbocycles. The highest BCUT2D eigenvalue weighted by Crippen LogP contribution is 2.18. The Bertz CT molecular complexity index is 427. The zero-order valence-electron chi connectivity index (χ0n) is 7.99. The Morgan fingerprint density at radius 1 is 1.67 bits per heavy atom. The number of carbonyl (C=O) groups excluding carboxylic acids is 1. The Balaban J connectivity index is 3.00. The number of ether oxygens (including phenoxy) is 1. The molecule has 0 unspecified atom stereocenters. The van der Waals surface area contributed by atoms with Crippen molar-refractivity contribution in [1.82, 2.24) is 0 Å². The number of hydrogen-bond donors (Lipinski definition) is 0. The Hall–Kier alpha value is -1.58. The van der Waals surface area contributed by atoms with Gasteiger partial charge in [-0.05, 0) is 37.3 Å². The van der Waals surface area contributed by atoms with Gasteiger partial charge in [-0.1, -0.05) is 0 Å². The van der Waals surface area contributed by atoms with E-state index in [1.165, 1.54) is 12.1 Å². The summed E-state index contributed by atoms with van der Waals surface area (Å²) in [7, 11) is 0. The summed E-state index contributed by atoms with van der Waals surface area (Å²) in [4.78, 5) is 14.7. The SMILES string of the molecule is CCOC(=O)c1ccc(N=C=S)c(F)c1. The minimum atomic E-state index is -0.627. The summed E-state index contributed by atoms with van der Waals surface area (Å²) in [5, 5.41) is 2.05. The van der Waals surface area contributed by atoms with Crippen molar-refractivity contribution in [3.63, 3.8) is 0 Å². The van der Waals surface area contributed by atoms with Gasteiger partial charge < -0.3 is 4.74 Å². The highest BCUT2D eigenvalue weighted by molar-refractivity contribution is 7.78. The maximum atomic E-state index is 13.2. The summed E-state index contributed by atoms with van der Waals surface area (Å²) in [6.07, 6.45) is 0. The van der Waals surface area contributed by atoms with Crippen LogP contribution in [0.3, 0.4) is 0 Å². The van der Waals surface area contributed by atoms with E-state index < -0.39 is 11.8 Å². The first-order chi connectivity index (χ1) is 7.19. The van der Waals surface area contributed by atoms with Gasteiger partial charge in [-0.3, -0.25) is 0 Å². The van der Waals surface area contributed by atoms with Gasteiger partial charge in [-0.15, -0.1) is 0 Å². The zero-order valence-corrected chi connectivity index (χ0v) is 8.81. The van der Waals surface area contributed by atoms with Gasteiger partial charge in [0.25, 0.3) is 0 Å². The second kappa shape index (κ2) is 5.34. The first-order valence-corrected chi connectivity index (χ1v) is 4.64. The van der Waals surface area contributed by atoms with Gasteiger partial charge >= 0.3 is 5.97 Å². The molecule has 0 atom stereocenters. The second-order valence-electron chi connectivity index (χ2n) is 2.59. The number of nitrogens with zero attached hydrogens (tertiary/aromatic N) is 1. The number of esters is 1. The Kier molecular flexibility index (Phi) is 4.09. The molecule has 0 aliphatic rings. The van der Waals surface area contributed by atoms with Crippen molar-refractivity contribution in [2.45, 2.75) is 6.92 Å². The molecule has 3 nitrogen and oxygen atoms in total. The summed E-state index contributed by atoms with van der Waals surface area (Å²) < 4.78 is 18.0. The van der Waals surface area contributed by atoms with Gasteiger partial charge in [0.05, 0.1) is 17.3 Å². The van der Waals surface area contributed by atoms with Crippen LogP contribution < -0.4 is 0 Å². The normalized spacial score (nSPS) is 9.20. The van der Waals surface area contributed by atoms with E-state index in [-0.39, 0.29) is 17.9 Å². The van der Waals surface area contributed by atoms with Crippen LogP contribution in [0, 0.1) is 5.82 Å². The average molecular weight is 225 g/mol. The second-order valence-corrected chi connectivity index (χ2v) is 2.77. The quantitative estimate of drug-likeness (QED) is 0.451. The zero-order chi connectivity index (χ0) is 11.3. The fourth-order valence-corrected chi connectivity index (χ4v) is 1.09. The third kappa shape index (κ3) is 2.94. The fourth-order valence-electron chi connectivity index (χ4n) is 0.988. The molecule has 0 spiro atoms. The third-order valence-corrected chi connectivity index (χ3v) is 1.72. The molecule has 15 heavy (non-hydrogen) atoms. The van der Waals surface area contributed by atoms with Gasteiger partial charge in [-0.2, -0.15) is 4.99 Å². The van der Waals surface area contributed by atoms with Crippen LogP contribution in [0.5, 0.6) is 0 Å². The molecule has 0 bridgehead atoms. The van der Waals surface area contributed by atoms with Crippen molar-refractivity contribution in [3.8, 4) is 0 Å². The lowest BCUT2D eigenvalue weighted by atomic mass is 10.2. The molecule has 5 heteroatoms. The van der Waals surface area contributed by atoms with Crippen LogP contribution in [0.4, 0.5) is 10.1 Å². The fraction of sp³-hybridized carbons (Fsp3) is 0.200. The highest BCUT2D eigenvalue weighted by atomic mass is 32.1. The van der Waals surface area contributed by atoms with Crippen LogP contribution in [0.25, 0.3) is 0 Å². The minimum absolute atomic E-state index is 0.0537. The molecular weight excluding hydrogens is 217 g/mol. The monoisotopic (exact) mass is 225 g/mol. The summed E-state index contributed by atoms with van der Waals surface area (Å²) in [6.45, 7) is 1.93. The third-order valence-electron chi connectivity index (χ3n) is 1.62. The number of carbonyl (C=O) groups is 1. The molecule has 78 valence electrons.